The summed E-state index contributed by atoms with van der Waals surface area (Å²) in [6, 6.07) is 17.2. The van der Waals surface area contributed by atoms with Crippen LogP contribution in [0.3, 0.4) is 0 Å². The van der Waals surface area contributed by atoms with E-state index in [0.717, 1.165) is 16.2 Å². The number of halogens is 3. The monoisotopic (exact) mass is 296 g/mol. The summed E-state index contributed by atoms with van der Waals surface area (Å²) in [5.74, 6) is 0. The zero-order valence-corrected chi connectivity index (χ0v) is 11.6. The van der Waals surface area contributed by atoms with Crippen molar-refractivity contribution in [1.29, 1.82) is 0 Å². The van der Waals surface area contributed by atoms with E-state index in [1.54, 1.807) is 12.1 Å². The first-order valence-corrected chi connectivity index (χ1v) is 6.18. The van der Waals surface area contributed by atoms with Crippen molar-refractivity contribution >= 4 is 23.8 Å². The van der Waals surface area contributed by atoms with Crippen LogP contribution in [0.4, 0.5) is 20.2 Å². The smallest absolute Gasteiger partial charge is 0.316 e. The Hall–Kier alpha value is -1.81. The van der Waals surface area contributed by atoms with Crippen molar-refractivity contribution in [2.45, 2.75) is 13.1 Å². The van der Waals surface area contributed by atoms with Crippen LogP contribution in [0.2, 0.25) is 0 Å². The van der Waals surface area contributed by atoms with E-state index in [1.807, 2.05) is 47.4 Å². The molecule has 1 aliphatic rings. The number of fused-ring (bicyclic) bond motifs is 1. The summed E-state index contributed by atoms with van der Waals surface area (Å²) in [7, 11) is 0. The number of hydrogen-bond acceptors (Lipinski definition) is 2. The van der Waals surface area contributed by atoms with Crippen LogP contribution < -0.4 is 9.80 Å². The van der Waals surface area contributed by atoms with Crippen LogP contribution >= 0.6 is 12.4 Å². The fraction of sp³-hybridized carbons (Fsp3) is 0.200. The summed E-state index contributed by atoms with van der Waals surface area (Å²) in [5, 5.41) is 0. The van der Waals surface area contributed by atoms with Gasteiger partial charge in [0.25, 0.3) is 0 Å². The molecule has 20 heavy (non-hydrogen) atoms. The summed E-state index contributed by atoms with van der Waals surface area (Å²) in [6.07, 6.45) is 0. The van der Waals surface area contributed by atoms with Gasteiger partial charge in [-0.15, -0.1) is 12.4 Å². The lowest BCUT2D eigenvalue weighted by Gasteiger charge is -2.21. The predicted octanol–water partition coefficient (Wildman–Crippen LogP) is 4.12. The van der Waals surface area contributed by atoms with Gasteiger partial charge >= 0.3 is 6.55 Å². The van der Waals surface area contributed by atoms with Gasteiger partial charge in [0.1, 0.15) is 0 Å². The number of para-hydroxylation sites is 2. The van der Waals surface area contributed by atoms with E-state index in [1.165, 1.54) is 0 Å². The van der Waals surface area contributed by atoms with Crippen molar-refractivity contribution in [3.63, 3.8) is 0 Å². The van der Waals surface area contributed by atoms with Gasteiger partial charge in [-0.2, -0.15) is 8.78 Å². The van der Waals surface area contributed by atoms with E-state index >= 15 is 0 Å². The molecule has 1 aliphatic heterocycles. The molecule has 1 heterocycles. The number of anilines is 2. The van der Waals surface area contributed by atoms with Gasteiger partial charge in [-0.25, -0.2) is 0 Å². The molecule has 0 N–H and O–H groups in total. The molecule has 106 valence electrons. The molecule has 2 aromatic rings. The summed E-state index contributed by atoms with van der Waals surface area (Å²) >= 11 is 0. The number of hydrogen-bond donors (Lipinski definition) is 0. The highest BCUT2D eigenvalue weighted by Gasteiger charge is 2.30. The molecule has 0 amide bonds. The molecule has 0 bridgehead atoms. The van der Waals surface area contributed by atoms with Gasteiger partial charge < -0.3 is 4.90 Å². The summed E-state index contributed by atoms with van der Waals surface area (Å²) in [6.45, 7) is -1.60. The van der Waals surface area contributed by atoms with Crippen LogP contribution in [-0.4, -0.2) is 13.2 Å². The molecule has 0 radical (unpaired) electrons. The van der Waals surface area contributed by atoms with E-state index in [2.05, 4.69) is 0 Å². The molecule has 0 saturated heterocycles. The first-order chi connectivity index (χ1) is 9.25. The summed E-state index contributed by atoms with van der Waals surface area (Å²) < 4.78 is 26.1. The first-order valence-electron chi connectivity index (χ1n) is 6.18. The molecular weight excluding hydrogens is 282 g/mol. The molecular formula is C15H15ClF2N2. The van der Waals surface area contributed by atoms with Crippen LogP contribution in [-0.2, 0) is 6.54 Å². The number of alkyl halides is 2. The Kier molecular flexibility index (Phi) is 4.45. The lowest BCUT2D eigenvalue weighted by atomic mass is 10.2. The van der Waals surface area contributed by atoms with Crippen LogP contribution in [0.1, 0.15) is 5.56 Å². The maximum absolute atomic E-state index is 13.0. The van der Waals surface area contributed by atoms with Crippen LogP contribution in [0.25, 0.3) is 0 Å². The van der Waals surface area contributed by atoms with Crippen molar-refractivity contribution in [1.82, 2.24) is 0 Å². The van der Waals surface area contributed by atoms with Gasteiger partial charge in [0, 0.05) is 6.54 Å². The number of benzene rings is 2. The van der Waals surface area contributed by atoms with Gasteiger partial charge in [-0.1, -0.05) is 42.5 Å². The molecule has 2 aromatic carbocycles. The minimum atomic E-state index is -2.47. The zero-order valence-electron chi connectivity index (χ0n) is 10.7. The maximum atomic E-state index is 13.0. The summed E-state index contributed by atoms with van der Waals surface area (Å²) in [4.78, 5) is 3.09. The third kappa shape index (κ3) is 2.70. The average Bonchev–Trinajstić information content (AvgIpc) is 2.79. The lowest BCUT2D eigenvalue weighted by molar-refractivity contribution is 0.144. The van der Waals surface area contributed by atoms with Crippen LogP contribution in [0, 0.1) is 0 Å². The van der Waals surface area contributed by atoms with Crippen LogP contribution in [0.15, 0.2) is 54.6 Å². The molecule has 0 atom stereocenters. The SMILES string of the molecule is Cl.FC(F)N1CN(Cc2ccccc2)c2ccccc21. The van der Waals surface area contributed by atoms with Crippen molar-refractivity contribution in [3.05, 3.63) is 60.2 Å². The standard InChI is InChI=1S/C15H14F2N2.ClH/c16-15(17)19-11-18(10-12-6-2-1-3-7-12)13-8-4-5-9-14(13)19;/h1-9,15H,10-11H2;1H. The Balaban J connectivity index is 0.00000147. The van der Waals surface area contributed by atoms with Crippen molar-refractivity contribution in [3.8, 4) is 0 Å². The van der Waals surface area contributed by atoms with E-state index in [0.29, 0.717) is 12.2 Å². The highest BCUT2D eigenvalue weighted by molar-refractivity contribution is 5.85. The Morgan fingerprint density at radius 1 is 0.900 bits per heavy atom. The topological polar surface area (TPSA) is 6.48 Å². The van der Waals surface area contributed by atoms with Gasteiger partial charge in [0.2, 0.25) is 0 Å². The van der Waals surface area contributed by atoms with E-state index in [-0.39, 0.29) is 19.1 Å². The third-order valence-corrected chi connectivity index (χ3v) is 3.31. The lowest BCUT2D eigenvalue weighted by Crippen LogP contribution is -2.33. The van der Waals surface area contributed by atoms with E-state index in [4.69, 9.17) is 0 Å². The highest BCUT2D eigenvalue weighted by Crippen LogP contribution is 2.38. The fourth-order valence-corrected chi connectivity index (χ4v) is 2.42. The number of nitrogens with zero attached hydrogens (tertiary/aromatic N) is 2. The second kappa shape index (κ2) is 6.09. The van der Waals surface area contributed by atoms with Crippen molar-refractivity contribution in [2.75, 3.05) is 16.5 Å². The van der Waals surface area contributed by atoms with Gasteiger partial charge in [-0.05, 0) is 17.7 Å². The minimum Gasteiger partial charge on any atom is -0.348 e. The molecule has 0 spiro atoms. The molecule has 0 aliphatic carbocycles. The highest BCUT2D eigenvalue weighted by atomic mass is 35.5. The maximum Gasteiger partial charge on any atom is 0.316 e. The quantitative estimate of drug-likeness (QED) is 0.786. The Labute approximate surface area is 123 Å². The molecule has 0 aromatic heterocycles. The number of rotatable bonds is 3. The Morgan fingerprint density at radius 2 is 1.50 bits per heavy atom. The van der Waals surface area contributed by atoms with Crippen molar-refractivity contribution in [2.24, 2.45) is 0 Å². The normalized spacial score (nSPS) is 13.3. The zero-order chi connectivity index (χ0) is 13.2. The second-order valence-corrected chi connectivity index (χ2v) is 4.56. The Bertz CT molecular complexity index is 563. The minimum absolute atomic E-state index is 0. The molecule has 0 unspecified atom stereocenters. The van der Waals surface area contributed by atoms with Gasteiger partial charge in [0.05, 0.1) is 18.0 Å². The van der Waals surface area contributed by atoms with Crippen molar-refractivity contribution < 1.29 is 8.78 Å². The van der Waals surface area contributed by atoms with Crippen LogP contribution in [0.5, 0.6) is 0 Å². The predicted molar refractivity (Wildman–Crippen MR) is 79.7 cm³/mol. The molecule has 3 rings (SSSR count). The fourth-order valence-electron chi connectivity index (χ4n) is 2.42. The third-order valence-electron chi connectivity index (χ3n) is 3.31. The molecule has 0 fully saturated rings. The molecule has 5 heteroatoms. The molecule has 0 saturated carbocycles. The second-order valence-electron chi connectivity index (χ2n) is 4.56. The average molecular weight is 297 g/mol. The first kappa shape index (κ1) is 14.6. The Morgan fingerprint density at radius 3 is 2.15 bits per heavy atom. The largest absolute Gasteiger partial charge is 0.348 e. The van der Waals surface area contributed by atoms with E-state index in [9.17, 15) is 8.78 Å². The van der Waals surface area contributed by atoms with Gasteiger partial charge in [-0.3, -0.25) is 4.90 Å². The molecule has 2 nitrogen and oxygen atoms in total. The van der Waals surface area contributed by atoms with Gasteiger partial charge in [0.15, 0.2) is 0 Å². The summed E-state index contributed by atoms with van der Waals surface area (Å²) in [5.41, 5.74) is 2.59. The van der Waals surface area contributed by atoms with E-state index < -0.39 is 6.55 Å².